The molecule has 0 aliphatic carbocycles. The number of fused-ring (bicyclic) bond motifs is 1. The Labute approximate surface area is 90.7 Å². The molecule has 0 radical (unpaired) electrons. The van der Waals surface area contributed by atoms with Gasteiger partial charge in [0.2, 0.25) is 5.91 Å². The van der Waals surface area contributed by atoms with Gasteiger partial charge in [0.05, 0.1) is 11.6 Å². The van der Waals surface area contributed by atoms with Gasteiger partial charge in [-0.15, -0.1) is 0 Å². The minimum Gasteiger partial charge on any atom is -0.490 e. The van der Waals surface area contributed by atoms with Crippen molar-refractivity contribution in [3.63, 3.8) is 0 Å². The SMILES string of the molecule is C=CC(=O)NC1COc2cc(F)cc(F)c21. The smallest absolute Gasteiger partial charge is 0.243 e. The van der Waals surface area contributed by atoms with Gasteiger partial charge in [-0.2, -0.15) is 0 Å². The molecule has 16 heavy (non-hydrogen) atoms. The lowest BCUT2D eigenvalue weighted by atomic mass is 10.1. The van der Waals surface area contributed by atoms with E-state index in [9.17, 15) is 13.6 Å². The fourth-order valence-electron chi connectivity index (χ4n) is 1.62. The van der Waals surface area contributed by atoms with Gasteiger partial charge in [0.25, 0.3) is 0 Å². The highest BCUT2D eigenvalue weighted by Gasteiger charge is 2.29. The number of hydrogen-bond donors (Lipinski definition) is 1. The van der Waals surface area contributed by atoms with Crippen LogP contribution in [0.15, 0.2) is 24.8 Å². The first-order valence-corrected chi connectivity index (χ1v) is 4.66. The van der Waals surface area contributed by atoms with Crippen molar-refractivity contribution in [3.8, 4) is 5.75 Å². The molecule has 0 spiro atoms. The first kappa shape index (κ1) is 10.6. The second-order valence-corrected chi connectivity index (χ2v) is 3.38. The maximum atomic E-state index is 13.5. The van der Waals surface area contributed by atoms with Gasteiger partial charge >= 0.3 is 0 Å². The summed E-state index contributed by atoms with van der Waals surface area (Å²) in [5.74, 6) is -1.72. The normalized spacial score (nSPS) is 17.5. The van der Waals surface area contributed by atoms with Crippen LogP contribution in [0.1, 0.15) is 11.6 Å². The van der Waals surface area contributed by atoms with Crippen molar-refractivity contribution >= 4 is 5.91 Å². The quantitative estimate of drug-likeness (QED) is 0.778. The minimum atomic E-state index is -0.720. The summed E-state index contributed by atoms with van der Waals surface area (Å²) in [5, 5.41) is 2.50. The molecule has 1 heterocycles. The number of carbonyl (C=O) groups is 1. The molecule has 0 fully saturated rings. The Hall–Kier alpha value is -1.91. The van der Waals surface area contributed by atoms with Gasteiger partial charge in [-0.05, 0) is 6.08 Å². The van der Waals surface area contributed by atoms with Crippen molar-refractivity contribution in [2.24, 2.45) is 0 Å². The lowest BCUT2D eigenvalue weighted by Crippen LogP contribution is -2.28. The number of halogens is 2. The van der Waals surface area contributed by atoms with Crippen LogP contribution in [0.4, 0.5) is 8.78 Å². The molecule has 1 aliphatic rings. The number of rotatable bonds is 2. The molecule has 1 atom stereocenters. The average Bonchev–Trinajstić information content (AvgIpc) is 2.61. The van der Waals surface area contributed by atoms with Crippen LogP contribution in [0.3, 0.4) is 0 Å². The zero-order chi connectivity index (χ0) is 11.7. The summed E-state index contributed by atoms with van der Waals surface area (Å²) >= 11 is 0. The average molecular weight is 225 g/mol. The van der Waals surface area contributed by atoms with Crippen molar-refractivity contribution in [1.29, 1.82) is 0 Å². The van der Waals surface area contributed by atoms with Crippen LogP contribution < -0.4 is 10.1 Å². The number of hydrogen-bond acceptors (Lipinski definition) is 2. The summed E-state index contributed by atoms with van der Waals surface area (Å²) in [6.45, 7) is 3.38. The fourth-order valence-corrected chi connectivity index (χ4v) is 1.62. The van der Waals surface area contributed by atoms with Gasteiger partial charge < -0.3 is 10.1 Å². The highest BCUT2D eigenvalue weighted by atomic mass is 19.1. The van der Waals surface area contributed by atoms with Crippen molar-refractivity contribution in [2.75, 3.05) is 6.61 Å². The predicted molar refractivity (Wildman–Crippen MR) is 52.9 cm³/mol. The number of nitrogens with one attached hydrogen (secondary N) is 1. The van der Waals surface area contributed by atoms with E-state index in [0.717, 1.165) is 18.2 Å². The Balaban J connectivity index is 2.32. The second kappa shape index (κ2) is 3.92. The standard InChI is InChI=1S/C11H9F2NO2/c1-2-10(15)14-8-5-16-9-4-6(12)3-7(13)11(8)9/h2-4,8H,1,5H2,(H,14,15). The zero-order valence-corrected chi connectivity index (χ0v) is 8.30. The molecule has 1 N–H and O–H groups in total. The van der Waals surface area contributed by atoms with E-state index in [2.05, 4.69) is 11.9 Å². The Morgan fingerprint density at radius 3 is 3.00 bits per heavy atom. The van der Waals surface area contributed by atoms with Crippen molar-refractivity contribution in [3.05, 3.63) is 42.0 Å². The van der Waals surface area contributed by atoms with Gasteiger partial charge in [-0.1, -0.05) is 6.58 Å². The first-order valence-electron chi connectivity index (χ1n) is 4.66. The van der Waals surface area contributed by atoms with Gasteiger partial charge in [0, 0.05) is 12.1 Å². The number of benzene rings is 1. The third-order valence-electron chi connectivity index (χ3n) is 2.31. The molecular weight excluding hydrogens is 216 g/mol. The van der Waals surface area contributed by atoms with E-state index in [-0.39, 0.29) is 17.9 Å². The molecule has 2 rings (SSSR count). The Morgan fingerprint density at radius 1 is 1.56 bits per heavy atom. The summed E-state index contributed by atoms with van der Waals surface area (Å²) in [6.07, 6.45) is 1.08. The predicted octanol–water partition coefficient (Wildman–Crippen LogP) is 1.70. The molecule has 1 unspecified atom stereocenters. The molecule has 5 heteroatoms. The van der Waals surface area contributed by atoms with E-state index in [4.69, 9.17) is 4.74 Å². The van der Waals surface area contributed by atoms with Crippen molar-refractivity contribution < 1.29 is 18.3 Å². The van der Waals surface area contributed by atoms with E-state index in [1.54, 1.807) is 0 Å². The maximum absolute atomic E-state index is 13.5. The van der Waals surface area contributed by atoms with E-state index in [1.807, 2.05) is 0 Å². The Bertz CT molecular complexity index is 460. The van der Waals surface area contributed by atoms with Gasteiger partial charge in [0.1, 0.15) is 24.0 Å². The van der Waals surface area contributed by atoms with Crippen LogP contribution in [0, 0.1) is 11.6 Å². The topological polar surface area (TPSA) is 38.3 Å². The molecular formula is C11H9F2NO2. The van der Waals surface area contributed by atoms with Crippen LogP contribution in [-0.2, 0) is 4.79 Å². The molecule has 1 aromatic carbocycles. The lowest BCUT2D eigenvalue weighted by Gasteiger charge is -2.10. The molecule has 1 aromatic rings. The molecule has 84 valence electrons. The summed E-state index contributed by atoms with van der Waals surface area (Å²) in [6, 6.07) is 1.26. The van der Waals surface area contributed by atoms with Crippen LogP contribution >= 0.6 is 0 Å². The summed E-state index contributed by atoms with van der Waals surface area (Å²) in [5.41, 5.74) is 0.177. The molecule has 0 saturated carbocycles. The van der Waals surface area contributed by atoms with E-state index >= 15 is 0 Å². The van der Waals surface area contributed by atoms with Crippen LogP contribution in [0.25, 0.3) is 0 Å². The minimum absolute atomic E-state index is 0.0925. The number of carbonyl (C=O) groups excluding carboxylic acids is 1. The van der Waals surface area contributed by atoms with Crippen LogP contribution in [0.2, 0.25) is 0 Å². The number of amides is 1. The Morgan fingerprint density at radius 2 is 2.31 bits per heavy atom. The maximum Gasteiger partial charge on any atom is 0.243 e. The van der Waals surface area contributed by atoms with Crippen LogP contribution in [0.5, 0.6) is 5.75 Å². The summed E-state index contributed by atoms with van der Waals surface area (Å²) in [7, 11) is 0. The zero-order valence-electron chi connectivity index (χ0n) is 8.30. The molecule has 3 nitrogen and oxygen atoms in total. The largest absolute Gasteiger partial charge is 0.490 e. The van der Waals surface area contributed by atoms with Crippen LogP contribution in [-0.4, -0.2) is 12.5 Å². The van der Waals surface area contributed by atoms with E-state index < -0.39 is 23.6 Å². The molecule has 1 aliphatic heterocycles. The highest BCUT2D eigenvalue weighted by Crippen LogP contribution is 2.35. The van der Waals surface area contributed by atoms with Crippen molar-refractivity contribution in [2.45, 2.75) is 6.04 Å². The molecule has 0 aromatic heterocycles. The molecule has 0 saturated heterocycles. The van der Waals surface area contributed by atoms with Crippen molar-refractivity contribution in [1.82, 2.24) is 5.32 Å². The third kappa shape index (κ3) is 1.76. The second-order valence-electron chi connectivity index (χ2n) is 3.38. The van der Waals surface area contributed by atoms with E-state index in [1.165, 1.54) is 0 Å². The lowest BCUT2D eigenvalue weighted by molar-refractivity contribution is -0.117. The third-order valence-corrected chi connectivity index (χ3v) is 2.31. The summed E-state index contributed by atoms with van der Waals surface area (Å²) < 4.78 is 31.4. The fraction of sp³-hybridized carbons (Fsp3) is 0.182. The Kier molecular flexibility index (Phi) is 2.60. The molecule has 0 bridgehead atoms. The monoisotopic (exact) mass is 225 g/mol. The highest BCUT2D eigenvalue weighted by molar-refractivity contribution is 5.87. The van der Waals surface area contributed by atoms with Gasteiger partial charge in [-0.3, -0.25) is 4.79 Å². The van der Waals surface area contributed by atoms with E-state index in [0.29, 0.717) is 0 Å². The number of ether oxygens (including phenoxy) is 1. The van der Waals surface area contributed by atoms with Gasteiger partial charge in [-0.25, -0.2) is 8.78 Å². The first-order chi connectivity index (χ1) is 7.61. The molecule has 1 amide bonds. The summed E-state index contributed by atoms with van der Waals surface area (Å²) in [4.78, 5) is 11.1. The van der Waals surface area contributed by atoms with Gasteiger partial charge in [0.15, 0.2) is 0 Å².